The summed E-state index contributed by atoms with van der Waals surface area (Å²) < 4.78 is 0. The van der Waals surface area contributed by atoms with E-state index in [2.05, 4.69) is 80.4 Å². The van der Waals surface area contributed by atoms with E-state index in [9.17, 15) is 0 Å². The summed E-state index contributed by atoms with van der Waals surface area (Å²) in [6.07, 6.45) is 4.88. The van der Waals surface area contributed by atoms with Gasteiger partial charge >= 0.3 is 0 Å². The SMILES string of the molecule is BrCc1ccc(CCCCc2ccc(CBr)cc2)cc1. The molecule has 0 unspecified atom stereocenters. The molecular formula is C18H20Br2. The van der Waals surface area contributed by atoms with E-state index in [1.807, 2.05) is 0 Å². The maximum atomic E-state index is 3.48. The van der Waals surface area contributed by atoms with E-state index >= 15 is 0 Å². The molecule has 0 saturated heterocycles. The highest BCUT2D eigenvalue weighted by Crippen LogP contribution is 2.13. The lowest BCUT2D eigenvalue weighted by atomic mass is 10.0. The maximum absolute atomic E-state index is 3.48. The molecule has 0 aliphatic heterocycles. The second-order valence-corrected chi connectivity index (χ2v) is 6.23. The van der Waals surface area contributed by atoms with Gasteiger partial charge in [-0.05, 0) is 47.9 Å². The first-order valence-corrected chi connectivity index (χ1v) is 9.33. The number of benzene rings is 2. The molecule has 0 nitrogen and oxygen atoms in total. The Labute approximate surface area is 138 Å². The lowest BCUT2D eigenvalue weighted by molar-refractivity contribution is 0.734. The van der Waals surface area contributed by atoms with Crippen LogP contribution in [0, 0.1) is 0 Å². The zero-order valence-corrected chi connectivity index (χ0v) is 14.8. The minimum absolute atomic E-state index is 0.942. The molecule has 0 aromatic heterocycles. The van der Waals surface area contributed by atoms with Crippen molar-refractivity contribution in [3.8, 4) is 0 Å². The van der Waals surface area contributed by atoms with E-state index < -0.39 is 0 Å². The Hall–Kier alpha value is -0.600. The molecule has 0 heterocycles. The van der Waals surface area contributed by atoms with Crippen LogP contribution in [0.1, 0.15) is 35.1 Å². The molecular weight excluding hydrogens is 376 g/mol. The highest BCUT2D eigenvalue weighted by Gasteiger charge is 1.97. The Morgan fingerprint density at radius 3 is 1.10 bits per heavy atom. The summed E-state index contributed by atoms with van der Waals surface area (Å²) >= 11 is 6.96. The summed E-state index contributed by atoms with van der Waals surface area (Å²) in [6, 6.07) is 17.9. The van der Waals surface area contributed by atoms with E-state index in [-0.39, 0.29) is 0 Å². The van der Waals surface area contributed by atoms with Gasteiger partial charge < -0.3 is 0 Å². The number of halogens is 2. The van der Waals surface area contributed by atoms with Crippen molar-refractivity contribution in [2.24, 2.45) is 0 Å². The van der Waals surface area contributed by atoms with Crippen LogP contribution in [0.2, 0.25) is 0 Å². The third-order valence-corrected chi connectivity index (χ3v) is 4.83. The molecule has 20 heavy (non-hydrogen) atoms. The Morgan fingerprint density at radius 1 is 0.500 bits per heavy atom. The Bertz CT molecular complexity index is 450. The largest absolute Gasteiger partial charge is 0.0876 e. The van der Waals surface area contributed by atoms with Crippen molar-refractivity contribution in [1.82, 2.24) is 0 Å². The maximum Gasteiger partial charge on any atom is 0.0283 e. The van der Waals surface area contributed by atoms with Crippen molar-refractivity contribution >= 4 is 31.9 Å². The van der Waals surface area contributed by atoms with Crippen molar-refractivity contribution in [2.45, 2.75) is 36.3 Å². The van der Waals surface area contributed by atoms with Crippen LogP contribution in [-0.4, -0.2) is 0 Å². The Balaban J connectivity index is 1.72. The van der Waals surface area contributed by atoms with E-state index in [0.717, 1.165) is 10.7 Å². The molecule has 0 atom stereocenters. The summed E-state index contributed by atoms with van der Waals surface area (Å²) in [5.74, 6) is 0. The van der Waals surface area contributed by atoms with Crippen molar-refractivity contribution in [3.63, 3.8) is 0 Å². The molecule has 0 bridgehead atoms. The van der Waals surface area contributed by atoms with E-state index in [0.29, 0.717) is 0 Å². The standard InChI is InChI=1S/C18H20Br2/c19-13-17-9-5-15(6-10-17)3-1-2-4-16-7-11-18(14-20)12-8-16/h5-12H,1-4,13-14H2. The van der Waals surface area contributed by atoms with Gasteiger partial charge in [0.1, 0.15) is 0 Å². The van der Waals surface area contributed by atoms with Crippen LogP contribution in [0.15, 0.2) is 48.5 Å². The summed E-state index contributed by atoms with van der Waals surface area (Å²) in [4.78, 5) is 0. The van der Waals surface area contributed by atoms with Crippen LogP contribution < -0.4 is 0 Å². The molecule has 0 aliphatic carbocycles. The molecule has 0 radical (unpaired) electrons. The molecule has 0 spiro atoms. The van der Waals surface area contributed by atoms with Gasteiger partial charge in [-0.25, -0.2) is 0 Å². The number of hydrogen-bond donors (Lipinski definition) is 0. The van der Waals surface area contributed by atoms with Gasteiger partial charge in [0.15, 0.2) is 0 Å². The molecule has 0 N–H and O–H groups in total. The first-order valence-electron chi connectivity index (χ1n) is 7.09. The minimum Gasteiger partial charge on any atom is -0.0876 e. The van der Waals surface area contributed by atoms with Crippen molar-refractivity contribution in [1.29, 1.82) is 0 Å². The monoisotopic (exact) mass is 394 g/mol. The van der Waals surface area contributed by atoms with Crippen LogP contribution in [0.3, 0.4) is 0 Å². The van der Waals surface area contributed by atoms with Gasteiger partial charge in [0.2, 0.25) is 0 Å². The molecule has 0 amide bonds. The van der Waals surface area contributed by atoms with E-state index in [1.165, 1.54) is 47.9 Å². The first-order chi connectivity index (χ1) is 9.81. The molecule has 106 valence electrons. The normalized spacial score (nSPS) is 10.7. The number of hydrogen-bond acceptors (Lipinski definition) is 0. The quantitative estimate of drug-likeness (QED) is 0.395. The molecule has 2 heteroatoms. The lowest BCUT2D eigenvalue weighted by Gasteiger charge is -2.04. The zero-order chi connectivity index (χ0) is 14.2. The Kier molecular flexibility index (Phi) is 6.81. The lowest BCUT2D eigenvalue weighted by Crippen LogP contribution is -1.90. The number of aryl methyl sites for hydroxylation is 2. The first kappa shape index (κ1) is 15.8. The molecule has 0 saturated carbocycles. The fourth-order valence-corrected chi connectivity index (χ4v) is 3.00. The average molecular weight is 396 g/mol. The summed E-state index contributed by atoms with van der Waals surface area (Å²) in [7, 11) is 0. The highest BCUT2D eigenvalue weighted by atomic mass is 79.9. The van der Waals surface area contributed by atoms with Gasteiger partial charge in [0.25, 0.3) is 0 Å². The number of rotatable bonds is 7. The minimum atomic E-state index is 0.942. The van der Waals surface area contributed by atoms with Crippen LogP contribution >= 0.6 is 31.9 Å². The summed E-state index contributed by atoms with van der Waals surface area (Å²) in [6.45, 7) is 0. The predicted molar refractivity (Wildman–Crippen MR) is 94.8 cm³/mol. The molecule has 2 rings (SSSR count). The van der Waals surface area contributed by atoms with Crippen LogP contribution in [0.25, 0.3) is 0 Å². The second-order valence-electron chi connectivity index (χ2n) is 5.11. The summed E-state index contributed by atoms with van der Waals surface area (Å²) in [5.41, 5.74) is 5.59. The van der Waals surface area contributed by atoms with Crippen molar-refractivity contribution in [3.05, 3.63) is 70.8 Å². The number of alkyl halides is 2. The van der Waals surface area contributed by atoms with E-state index in [4.69, 9.17) is 0 Å². The van der Waals surface area contributed by atoms with Gasteiger partial charge in [0.05, 0.1) is 0 Å². The van der Waals surface area contributed by atoms with Crippen LogP contribution in [0.5, 0.6) is 0 Å². The second kappa shape index (κ2) is 8.63. The van der Waals surface area contributed by atoms with Gasteiger partial charge in [0, 0.05) is 10.7 Å². The topological polar surface area (TPSA) is 0 Å². The van der Waals surface area contributed by atoms with Gasteiger partial charge in [-0.2, -0.15) is 0 Å². The predicted octanol–water partition coefficient (Wildman–Crippen LogP) is 6.04. The zero-order valence-electron chi connectivity index (χ0n) is 11.6. The fraction of sp³-hybridized carbons (Fsp3) is 0.333. The molecule has 0 aliphatic rings. The third-order valence-electron chi connectivity index (χ3n) is 3.54. The smallest absolute Gasteiger partial charge is 0.0283 e. The van der Waals surface area contributed by atoms with Crippen molar-refractivity contribution < 1.29 is 0 Å². The van der Waals surface area contributed by atoms with Gasteiger partial charge in [-0.15, -0.1) is 0 Å². The summed E-state index contributed by atoms with van der Waals surface area (Å²) in [5, 5.41) is 1.88. The van der Waals surface area contributed by atoms with Gasteiger partial charge in [-0.3, -0.25) is 0 Å². The Morgan fingerprint density at radius 2 is 0.800 bits per heavy atom. The average Bonchev–Trinajstić information content (AvgIpc) is 2.53. The van der Waals surface area contributed by atoms with Crippen molar-refractivity contribution in [2.75, 3.05) is 0 Å². The van der Waals surface area contributed by atoms with Gasteiger partial charge in [-0.1, -0.05) is 80.4 Å². The highest BCUT2D eigenvalue weighted by molar-refractivity contribution is 9.08. The number of unbranched alkanes of at least 4 members (excludes halogenated alkanes) is 1. The fourth-order valence-electron chi connectivity index (χ4n) is 2.25. The molecule has 2 aromatic rings. The van der Waals surface area contributed by atoms with Crippen LogP contribution in [-0.2, 0) is 23.5 Å². The van der Waals surface area contributed by atoms with Crippen LogP contribution in [0.4, 0.5) is 0 Å². The van der Waals surface area contributed by atoms with E-state index in [1.54, 1.807) is 0 Å². The third kappa shape index (κ3) is 5.06. The molecule has 0 fully saturated rings. The molecule has 2 aromatic carbocycles.